The van der Waals surface area contributed by atoms with Crippen molar-refractivity contribution >= 4 is 53.3 Å². The van der Waals surface area contributed by atoms with E-state index in [0.717, 1.165) is 7.11 Å². The van der Waals surface area contributed by atoms with E-state index < -0.39 is 70.8 Å². The summed E-state index contributed by atoms with van der Waals surface area (Å²) in [5, 5.41) is 2.60. The summed E-state index contributed by atoms with van der Waals surface area (Å²) >= 11 is 1.18. The van der Waals surface area contributed by atoms with Crippen molar-refractivity contribution in [1.29, 1.82) is 0 Å². The topological polar surface area (TPSA) is 178 Å². The fourth-order valence-electron chi connectivity index (χ4n) is 4.24. The van der Waals surface area contributed by atoms with Crippen LogP contribution in [0.5, 0.6) is 0 Å². The van der Waals surface area contributed by atoms with Crippen LogP contribution in [0.25, 0.3) is 0 Å². The molecule has 264 valence electrons. The van der Waals surface area contributed by atoms with Gasteiger partial charge in [-0.2, -0.15) is 11.8 Å². The highest BCUT2D eigenvalue weighted by Gasteiger charge is 2.33. The van der Waals surface area contributed by atoms with Gasteiger partial charge in [0.05, 0.1) is 51.9 Å². The number of esters is 5. The van der Waals surface area contributed by atoms with Crippen LogP contribution < -0.4 is 5.32 Å². The summed E-state index contributed by atoms with van der Waals surface area (Å²) in [6.07, 6.45) is -0.894. The number of hydrogen-bond donors (Lipinski definition) is 1. The molecule has 0 aromatic rings. The highest BCUT2D eigenvalue weighted by molar-refractivity contribution is 7.99. The molecular formula is C32H53NO12S. The molecule has 0 saturated heterocycles. The van der Waals surface area contributed by atoms with Crippen molar-refractivity contribution in [3.63, 3.8) is 0 Å². The highest BCUT2D eigenvalue weighted by atomic mass is 32.2. The highest BCUT2D eigenvalue weighted by Crippen LogP contribution is 2.23. The number of carbonyl (C=O) groups is 7. The van der Waals surface area contributed by atoms with Gasteiger partial charge < -0.3 is 29.0 Å². The Balaban J connectivity index is 5.40. The third-order valence-corrected chi connectivity index (χ3v) is 7.75. The zero-order valence-electron chi connectivity index (χ0n) is 29.1. The Morgan fingerprint density at radius 2 is 1.09 bits per heavy atom. The van der Waals surface area contributed by atoms with Gasteiger partial charge in [0.1, 0.15) is 23.0 Å². The Hall–Kier alpha value is -3.16. The lowest BCUT2D eigenvalue weighted by atomic mass is 9.91. The lowest BCUT2D eigenvalue weighted by Gasteiger charge is -2.25. The summed E-state index contributed by atoms with van der Waals surface area (Å²) in [6.45, 7) is 13.8. The lowest BCUT2D eigenvalue weighted by Crippen LogP contribution is -2.46. The van der Waals surface area contributed by atoms with Crippen LogP contribution in [0, 0.1) is 23.7 Å². The van der Waals surface area contributed by atoms with Crippen molar-refractivity contribution in [3.8, 4) is 0 Å². The predicted molar refractivity (Wildman–Crippen MR) is 170 cm³/mol. The van der Waals surface area contributed by atoms with E-state index in [-0.39, 0.29) is 55.3 Å². The standard InChI is InChI=1S/C32H53NO12S/c1-19(2)23(16-26(36)45-32(6,7)8)27(37)33-24(30(40)43-11)13-12-22(34)14-20(28(38)41-9)17-46-18-21(29(39)42-10)15-25(35)44-31(3,4)5/h19-21,23-24H,12-18H2,1-11H3,(H,33,37)/t20-,21+,23+,24-/m1/s1. The molecule has 0 heterocycles. The molecule has 1 N–H and O–H groups in total. The molecule has 0 aliphatic rings. The largest absolute Gasteiger partial charge is 0.469 e. The number of Topliss-reactive ketones (excluding diaryl/α,β-unsaturated/α-hetero) is 1. The lowest BCUT2D eigenvalue weighted by molar-refractivity contribution is -0.160. The van der Waals surface area contributed by atoms with Crippen LogP contribution in [0.4, 0.5) is 0 Å². The third kappa shape index (κ3) is 18.1. The quantitative estimate of drug-likeness (QED) is 0.156. The Morgan fingerprint density at radius 3 is 1.50 bits per heavy atom. The van der Waals surface area contributed by atoms with Gasteiger partial charge in [-0.1, -0.05) is 13.8 Å². The van der Waals surface area contributed by atoms with Gasteiger partial charge in [-0.3, -0.25) is 28.8 Å². The molecule has 0 saturated carbocycles. The van der Waals surface area contributed by atoms with Crippen molar-refractivity contribution in [2.75, 3.05) is 32.8 Å². The second-order valence-electron chi connectivity index (χ2n) is 13.3. The van der Waals surface area contributed by atoms with Gasteiger partial charge in [0.25, 0.3) is 0 Å². The minimum absolute atomic E-state index is 0.101. The van der Waals surface area contributed by atoms with E-state index in [1.807, 2.05) is 0 Å². The van der Waals surface area contributed by atoms with E-state index in [9.17, 15) is 33.6 Å². The molecular weight excluding hydrogens is 622 g/mol. The number of amides is 1. The number of ether oxygens (including phenoxy) is 5. The van der Waals surface area contributed by atoms with Gasteiger partial charge >= 0.3 is 29.8 Å². The maximum absolute atomic E-state index is 13.1. The molecule has 0 spiro atoms. The smallest absolute Gasteiger partial charge is 0.328 e. The molecule has 0 fully saturated rings. The number of ketones is 1. The zero-order chi connectivity index (χ0) is 35.8. The molecule has 4 atom stereocenters. The Kier molecular flexibility index (Phi) is 18.8. The molecule has 0 radical (unpaired) electrons. The van der Waals surface area contributed by atoms with Gasteiger partial charge in [-0.05, 0) is 53.9 Å². The van der Waals surface area contributed by atoms with Crippen molar-refractivity contribution < 1.29 is 57.2 Å². The number of rotatable bonds is 19. The fraction of sp³-hybridized carbons (Fsp3) is 0.781. The maximum Gasteiger partial charge on any atom is 0.328 e. The van der Waals surface area contributed by atoms with Crippen molar-refractivity contribution in [2.45, 2.75) is 105 Å². The van der Waals surface area contributed by atoms with Crippen LogP contribution in [0.2, 0.25) is 0 Å². The fourth-order valence-corrected chi connectivity index (χ4v) is 5.45. The average molecular weight is 676 g/mol. The van der Waals surface area contributed by atoms with Crippen LogP contribution in [-0.2, 0) is 57.2 Å². The predicted octanol–water partition coefficient (Wildman–Crippen LogP) is 3.43. The van der Waals surface area contributed by atoms with Crippen molar-refractivity contribution in [2.24, 2.45) is 23.7 Å². The molecule has 13 nitrogen and oxygen atoms in total. The minimum atomic E-state index is -1.17. The van der Waals surface area contributed by atoms with Crippen LogP contribution in [0.1, 0.15) is 87.5 Å². The monoisotopic (exact) mass is 675 g/mol. The summed E-state index contributed by atoms with van der Waals surface area (Å²) in [6, 6.07) is -1.17. The van der Waals surface area contributed by atoms with Crippen LogP contribution >= 0.6 is 11.8 Å². The summed E-state index contributed by atoms with van der Waals surface area (Å²) in [5.41, 5.74) is -1.46. The number of carbonyl (C=O) groups excluding carboxylic acids is 7. The molecule has 0 unspecified atom stereocenters. The Labute approximate surface area is 276 Å². The number of thioether (sulfide) groups is 1. The number of methoxy groups -OCH3 is 3. The van der Waals surface area contributed by atoms with Gasteiger partial charge in [0.15, 0.2) is 0 Å². The minimum Gasteiger partial charge on any atom is -0.469 e. The first-order chi connectivity index (χ1) is 21.1. The average Bonchev–Trinajstić information content (AvgIpc) is 2.93. The van der Waals surface area contributed by atoms with E-state index in [1.54, 1.807) is 55.4 Å². The zero-order valence-corrected chi connectivity index (χ0v) is 30.0. The van der Waals surface area contributed by atoms with Gasteiger partial charge in [-0.25, -0.2) is 4.79 Å². The first kappa shape index (κ1) is 42.8. The summed E-state index contributed by atoms with van der Waals surface area (Å²) in [4.78, 5) is 88.0. The van der Waals surface area contributed by atoms with Crippen LogP contribution in [0.3, 0.4) is 0 Å². The third-order valence-electron chi connectivity index (χ3n) is 6.48. The number of hydrogen-bond acceptors (Lipinski definition) is 13. The van der Waals surface area contributed by atoms with Crippen LogP contribution in [0.15, 0.2) is 0 Å². The summed E-state index contributed by atoms with van der Waals surface area (Å²) in [5.74, 6) is -6.56. The molecule has 14 heteroatoms. The van der Waals surface area contributed by atoms with E-state index in [0.29, 0.717) is 0 Å². The molecule has 0 bridgehead atoms. The molecule has 0 aliphatic heterocycles. The Bertz CT molecular complexity index is 1060. The molecule has 1 amide bonds. The second-order valence-corrected chi connectivity index (χ2v) is 14.3. The molecule has 0 aromatic heterocycles. The van der Waals surface area contributed by atoms with Crippen LogP contribution in [-0.4, -0.2) is 91.6 Å². The SMILES string of the molecule is COC(=O)[C@H](CSC[C@@H](CC(=O)CC[C@@H](NC(=O)[C@@H](CC(=O)OC(C)(C)C)C(C)C)C(=O)OC)C(=O)OC)CC(=O)OC(C)(C)C. The molecule has 0 aliphatic carbocycles. The van der Waals surface area contributed by atoms with Gasteiger partial charge in [-0.15, -0.1) is 0 Å². The number of nitrogens with one attached hydrogen (secondary N) is 1. The van der Waals surface area contributed by atoms with E-state index in [4.69, 9.17) is 23.7 Å². The van der Waals surface area contributed by atoms with Crippen molar-refractivity contribution in [1.82, 2.24) is 5.32 Å². The first-order valence-electron chi connectivity index (χ1n) is 15.2. The Morgan fingerprint density at radius 1 is 0.652 bits per heavy atom. The maximum atomic E-state index is 13.1. The summed E-state index contributed by atoms with van der Waals surface area (Å²) < 4.78 is 25.1. The molecule has 0 aromatic carbocycles. The van der Waals surface area contributed by atoms with E-state index in [1.165, 1.54) is 26.0 Å². The van der Waals surface area contributed by atoms with Gasteiger partial charge in [0, 0.05) is 24.3 Å². The molecule has 0 rings (SSSR count). The van der Waals surface area contributed by atoms with Gasteiger partial charge in [0.2, 0.25) is 5.91 Å². The normalized spacial score (nSPS) is 14.3. The van der Waals surface area contributed by atoms with Crippen molar-refractivity contribution in [3.05, 3.63) is 0 Å². The van der Waals surface area contributed by atoms with E-state index in [2.05, 4.69) is 5.32 Å². The first-order valence-corrected chi connectivity index (χ1v) is 16.4. The molecule has 46 heavy (non-hydrogen) atoms. The van der Waals surface area contributed by atoms with E-state index >= 15 is 0 Å². The second kappa shape index (κ2) is 20.2. The summed E-state index contributed by atoms with van der Waals surface area (Å²) in [7, 11) is 3.55.